The molecule has 0 aromatic rings. The van der Waals surface area contributed by atoms with Gasteiger partial charge in [-0.05, 0) is 12.1 Å². The number of rotatable bonds is 14. The summed E-state index contributed by atoms with van der Waals surface area (Å²) in [4.78, 5) is 0. The van der Waals surface area contributed by atoms with Gasteiger partial charge in [-0.3, -0.25) is 0 Å². The van der Waals surface area contributed by atoms with E-state index in [-0.39, 0.29) is 0 Å². The molecule has 0 unspecified atom stereocenters. The third-order valence-corrected chi connectivity index (χ3v) is 7.87. The first-order valence-electron chi connectivity index (χ1n) is 8.35. The van der Waals surface area contributed by atoms with E-state index in [2.05, 4.69) is 13.8 Å². The van der Waals surface area contributed by atoms with E-state index in [1.54, 1.807) is 0 Å². The molecule has 116 valence electrons. The van der Waals surface area contributed by atoms with Gasteiger partial charge in [-0.15, -0.1) is 0 Å². The van der Waals surface area contributed by atoms with Crippen molar-refractivity contribution in [2.45, 2.75) is 90.1 Å². The molecule has 0 radical (unpaired) electrons. The zero-order chi connectivity index (χ0) is 14.4. The minimum absolute atomic E-state index is 1.07. The molecule has 0 spiro atoms. The van der Waals surface area contributed by atoms with E-state index in [9.17, 15) is 0 Å². The van der Waals surface area contributed by atoms with Crippen LogP contribution in [0.15, 0.2) is 0 Å². The lowest BCUT2D eigenvalue weighted by Crippen LogP contribution is -2.38. The average Bonchev–Trinajstić information content (AvgIpc) is 2.46. The van der Waals surface area contributed by atoms with Gasteiger partial charge in [0, 0.05) is 14.2 Å². The molecule has 19 heavy (non-hydrogen) atoms. The third kappa shape index (κ3) is 9.64. The van der Waals surface area contributed by atoms with Crippen LogP contribution in [0.1, 0.15) is 78.1 Å². The van der Waals surface area contributed by atoms with E-state index in [1.807, 2.05) is 14.2 Å². The molecule has 0 aromatic carbocycles. The highest BCUT2D eigenvalue weighted by atomic mass is 28.4. The zero-order valence-electron chi connectivity index (χ0n) is 13.8. The lowest BCUT2D eigenvalue weighted by Gasteiger charge is -2.25. The summed E-state index contributed by atoms with van der Waals surface area (Å²) in [5.74, 6) is 0. The SMILES string of the molecule is CCCCCCCCCCCC[Si](CC)(OC)OC. The van der Waals surface area contributed by atoms with Gasteiger partial charge in [0.25, 0.3) is 0 Å². The molecule has 0 aliphatic carbocycles. The molecule has 0 fully saturated rings. The molecular weight excluding hydrogens is 252 g/mol. The molecule has 0 amide bonds. The highest BCUT2D eigenvalue weighted by molar-refractivity contribution is 6.67. The fourth-order valence-corrected chi connectivity index (χ4v) is 4.93. The summed E-state index contributed by atoms with van der Waals surface area (Å²) in [5.41, 5.74) is 0. The number of hydrogen-bond acceptors (Lipinski definition) is 2. The Kier molecular flexibility index (Phi) is 13.2. The number of unbranched alkanes of at least 4 members (excludes halogenated alkanes) is 9. The van der Waals surface area contributed by atoms with Gasteiger partial charge in [0.2, 0.25) is 0 Å². The second-order valence-corrected chi connectivity index (χ2v) is 9.45. The van der Waals surface area contributed by atoms with Crippen LogP contribution in [0.5, 0.6) is 0 Å². The second kappa shape index (κ2) is 13.1. The Morgan fingerprint density at radius 1 is 0.632 bits per heavy atom. The Morgan fingerprint density at radius 3 is 1.42 bits per heavy atom. The summed E-state index contributed by atoms with van der Waals surface area (Å²) in [7, 11) is 1.82. The van der Waals surface area contributed by atoms with Crippen LogP contribution in [0.25, 0.3) is 0 Å². The van der Waals surface area contributed by atoms with Crippen LogP contribution in [0.2, 0.25) is 12.1 Å². The van der Waals surface area contributed by atoms with Gasteiger partial charge in [-0.25, -0.2) is 0 Å². The second-order valence-electron chi connectivity index (χ2n) is 5.60. The van der Waals surface area contributed by atoms with Crippen molar-refractivity contribution in [2.75, 3.05) is 14.2 Å². The lowest BCUT2D eigenvalue weighted by molar-refractivity contribution is 0.241. The monoisotopic (exact) mass is 288 g/mol. The van der Waals surface area contributed by atoms with E-state index in [4.69, 9.17) is 8.85 Å². The molecule has 0 aliphatic heterocycles. The lowest BCUT2D eigenvalue weighted by atomic mass is 10.1. The summed E-state index contributed by atoms with van der Waals surface area (Å²) in [6.07, 6.45) is 13.9. The molecule has 0 N–H and O–H groups in total. The van der Waals surface area contributed by atoms with E-state index in [1.165, 1.54) is 64.2 Å². The van der Waals surface area contributed by atoms with Crippen LogP contribution in [0.3, 0.4) is 0 Å². The minimum Gasteiger partial charge on any atom is -0.398 e. The molecule has 3 heteroatoms. The van der Waals surface area contributed by atoms with Gasteiger partial charge < -0.3 is 8.85 Å². The predicted molar refractivity (Wildman–Crippen MR) is 86.9 cm³/mol. The van der Waals surface area contributed by atoms with Crippen molar-refractivity contribution < 1.29 is 8.85 Å². The maximum Gasteiger partial charge on any atom is 0.337 e. The molecule has 2 nitrogen and oxygen atoms in total. The smallest absolute Gasteiger partial charge is 0.337 e. The summed E-state index contributed by atoms with van der Waals surface area (Å²) < 4.78 is 11.3. The molecule has 0 heterocycles. The van der Waals surface area contributed by atoms with Crippen LogP contribution >= 0.6 is 0 Å². The van der Waals surface area contributed by atoms with E-state index in [0.29, 0.717) is 0 Å². The highest BCUT2D eigenvalue weighted by Crippen LogP contribution is 2.21. The van der Waals surface area contributed by atoms with E-state index in [0.717, 1.165) is 12.1 Å². The van der Waals surface area contributed by atoms with E-state index < -0.39 is 8.56 Å². The van der Waals surface area contributed by atoms with Crippen molar-refractivity contribution in [3.05, 3.63) is 0 Å². The first-order chi connectivity index (χ1) is 9.24. The average molecular weight is 289 g/mol. The van der Waals surface area contributed by atoms with E-state index >= 15 is 0 Å². The predicted octanol–water partition coefficient (Wildman–Crippen LogP) is 5.66. The summed E-state index contributed by atoms with van der Waals surface area (Å²) in [6, 6.07) is 2.23. The normalized spacial score (nSPS) is 12.0. The molecular formula is C16H36O2Si. The Bertz CT molecular complexity index is 173. The van der Waals surface area contributed by atoms with Crippen molar-refractivity contribution in [3.8, 4) is 0 Å². The standard InChI is InChI=1S/C16H36O2Si/c1-5-7-8-9-10-11-12-13-14-15-16-19(6-2,17-3)18-4/h5-16H2,1-4H3. The van der Waals surface area contributed by atoms with Crippen molar-refractivity contribution in [1.29, 1.82) is 0 Å². The van der Waals surface area contributed by atoms with Gasteiger partial charge in [-0.2, -0.15) is 0 Å². The van der Waals surface area contributed by atoms with Crippen LogP contribution in [0, 0.1) is 0 Å². The fourth-order valence-electron chi connectivity index (χ4n) is 2.63. The van der Waals surface area contributed by atoms with Gasteiger partial charge in [0.1, 0.15) is 0 Å². The maximum absolute atomic E-state index is 5.64. The quantitative estimate of drug-likeness (QED) is 0.303. The Labute approximate surface area is 122 Å². The number of hydrogen-bond donors (Lipinski definition) is 0. The third-order valence-electron chi connectivity index (χ3n) is 4.19. The van der Waals surface area contributed by atoms with Crippen LogP contribution in [0.4, 0.5) is 0 Å². The van der Waals surface area contributed by atoms with Crippen LogP contribution < -0.4 is 0 Å². The Hall–Kier alpha value is 0.137. The summed E-state index contributed by atoms with van der Waals surface area (Å²) >= 11 is 0. The summed E-state index contributed by atoms with van der Waals surface area (Å²) in [6.45, 7) is 4.47. The van der Waals surface area contributed by atoms with Crippen molar-refractivity contribution in [1.82, 2.24) is 0 Å². The maximum atomic E-state index is 5.64. The van der Waals surface area contributed by atoms with Gasteiger partial charge in [0.15, 0.2) is 0 Å². The van der Waals surface area contributed by atoms with Gasteiger partial charge >= 0.3 is 8.56 Å². The molecule has 0 aliphatic rings. The first kappa shape index (κ1) is 19.1. The topological polar surface area (TPSA) is 18.5 Å². The zero-order valence-corrected chi connectivity index (χ0v) is 14.8. The van der Waals surface area contributed by atoms with Crippen LogP contribution in [-0.4, -0.2) is 22.8 Å². The highest BCUT2D eigenvalue weighted by Gasteiger charge is 2.32. The van der Waals surface area contributed by atoms with Gasteiger partial charge in [-0.1, -0.05) is 78.1 Å². The molecule has 0 rings (SSSR count). The Morgan fingerprint density at radius 2 is 1.05 bits per heavy atom. The molecule has 0 atom stereocenters. The molecule has 0 saturated heterocycles. The molecule has 0 aromatic heterocycles. The molecule has 0 bridgehead atoms. The summed E-state index contributed by atoms with van der Waals surface area (Å²) in [5, 5.41) is 0. The molecule has 0 saturated carbocycles. The Balaban J connectivity index is 3.35. The minimum atomic E-state index is -1.81. The first-order valence-corrected chi connectivity index (χ1v) is 10.6. The van der Waals surface area contributed by atoms with Gasteiger partial charge in [0.05, 0.1) is 0 Å². The largest absolute Gasteiger partial charge is 0.398 e. The van der Waals surface area contributed by atoms with Crippen molar-refractivity contribution in [2.24, 2.45) is 0 Å². The fraction of sp³-hybridized carbons (Fsp3) is 1.00. The van der Waals surface area contributed by atoms with Crippen molar-refractivity contribution in [3.63, 3.8) is 0 Å². The van der Waals surface area contributed by atoms with Crippen molar-refractivity contribution >= 4 is 8.56 Å². The van der Waals surface area contributed by atoms with Crippen LogP contribution in [-0.2, 0) is 8.85 Å².